The first kappa shape index (κ1) is 18.8. The lowest BCUT2D eigenvalue weighted by Crippen LogP contribution is -2.41. The highest BCUT2D eigenvalue weighted by molar-refractivity contribution is 6.10. The lowest BCUT2D eigenvalue weighted by atomic mass is 10.0. The van der Waals surface area contributed by atoms with Crippen LogP contribution in [0.15, 0.2) is 69.9 Å². The number of nitrogens with zero attached hydrogens (tertiary/aromatic N) is 3. The highest BCUT2D eigenvalue weighted by Gasteiger charge is 2.36. The van der Waals surface area contributed by atoms with Crippen LogP contribution in [0.5, 0.6) is 0 Å². The van der Waals surface area contributed by atoms with Crippen LogP contribution in [0.4, 0.5) is 13.2 Å². The zero-order valence-corrected chi connectivity index (χ0v) is 15.3. The monoisotopic (exact) mass is 402 g/mol. The van der Waals surface area contributed by atoms with Crippen LogP contribution in [-0.2, 0) is 11.0 Å². The molecule has 3 aliphatic heterocycles. The van der Waals surface area contributed by atoms with E-state index in [-0.39, 0.29) is 17.0 Å². The quantitative estimate of drug-likeness (QED) is 0.723. The first-order valence-electron chi connectivity index (χ1n) is 8.81. The summed E-state index contributed by atoms with van der Waals surface area (Å²) in [5.41, 5.74) is 0.278. The number of nitrogens with one attached hydrogen (secondary N) is 3. The molecule has 0 saturated heterocycles. The van der Waals surface area contributed by atoms with Gasteiger partial charge in [-0.05, 0) is 25.1 Å². The number of rotatable bonds is 3. The van der Waals surface area contributed by atoms with Gasteiger partial charge in [-0.15, -0.1) is 0 Å². The largest absolute Gasteiger partial charge is 0.417 e. The Morgan fingerprint density at radius 1 is 1.31 bits per heavy atom. The Morgan fingerprint density at radius 2 is 2.10 bits per heavy atom. The van der Waals surface area contributed by atoms with E-state index >= 15 is 0 Å². The van der Waals surface area contributed by atoms with Gasteiger partial charge in [0.2, 0.25) is 0 Å². The summed E-state index contributed by atoms with van der Waals surface area (Å²) in [5.74, 6) is -0.0516. The lowest BCUT2D eigenvalue weighted by molar-refractivity contribution is -0.137. The van der Waals surface area contributed by atoms with Crippen molar-refractivity contribution in [3.63, 3.8) is 0 Å². The normalized spacial score (nSPS) is 20.6. The van der Waals surface area contributed by atoms with E-state index in [0.29, 0.717) is 18.1 Å². The van der Waals surface area contributed by atoms with E-state index < -0.39 is 23.8 Å². The molecule has 1 unspecified atom stereocenters. The summed E-state index contributed by atoms with van der Waals surface area (Å²) < 4.78 is 40.2. The first-order chi connectivity index (χ1) is 13.8. The maximum atomic E-state index is 13.4. The molecular weight excluding hydrogens is 385 g/mol. The number of aliphatic imine (C=N–C) groups is 1. The topological polar surface area (TPSA) is 81.1 Å². The summed E-state index contributed by atoms with van der Waals surface area (Å²) in [6.45, 7) is 2.18. The van der Waals surface area contributed by atoms with E-state index in [0.717, 1.165) is 6.07 Å². The van der Waals surface area contributed by atoms with Gasteiger partial charge in [-0.25, -0.2) is 5.01 Å². The van der Waals surface area contributed by atoms with Crippen molar-refractivity contribution in [1.29, 1.82) is 0 Å². The van der Waals surface area contributed by atoms with Gasteiger partial charge in [-0.1, -0.05) is 18.2 Å². The zero-order chi connectivity index (χ0) is 20.6. The highest BCUT2D eigenvalue weighted by Crippen LogP contribution is 2.33. The van der Waals surface area contributed by atoms with Gasteiger partial charge in [0.15, 0.2) is 5.82 Å². The predicted molar refractivity (Wildman–Crippen MR) is 101 cm³/mol. The van der Waals surface area contributed by atoms with Gasteiger partial charge in [0.1, 0.15) is 11.9 Å². The molecule has 0 spiro atoms. The number of carbonyl (C=O) groups is 1. The average molecular weight is 402 g/mol. The second-order valence-electron chi connectivity index (χ2n) is 6.50. The molecule has 7 nitrogen and oxygen atoms in total. The molecule has 0 bridgehead atoms. The van der Waals surface area contributed by atoms with Crippen molar-refractivity contribution in [3.05, 3.63) is 71.0 Å². The number of benzene rings is 1. The number of hydrogen-bond acceptors (Lipinski definition) is 6. The number of halogens is 3. The molecule has 3 aliphatic rings. The second-order valence-corrected chi connectivity index (χ2v) is 6.50. The molecular formula is C19H17F3N6O. The molecule has 29 heavy (non-hydrogen) atoms. The Balaban J connectivity index is 1.64. The number of alkyl halides is 3. The van der Waals surface area contributed by atoms with E-state index in [4.69, 9.17) is 0 Å². The fourth-order valence-corrected chi connectivity index (χ4v) is 3.18. The summed E-state index contributed by atoms with van der Waals surface area (Å²) in [4.78, 5) is 16.4. The van der Waals surface area contributed by atoms with Crippen molar-refractivity contribution in [2.45, 2.75) is 19.3 Å². The predicted octanol–water partition coefficient (Wildman–Crippen LogP) is 2.03. The second kappa shape index (κ2) is 7.12. The lowest BCUT2D eigenvalue weighted by Gasteiger charge is -2.27. The molecule has 1 aromatic carbocycles. The third-order valence-corrected chi connectivity index (χ3v) is 4.54. The van der Waals surface area contributed by atoms with Crippen LogP contribution in [0.2, 0.25) is 0 Å². The Morgan fingerprint density at radius 3 is 2.83 bits per heavy atom. The minimum absolute atomic E-state index is 0.0316. The fraction of sp³-hybridized carbons (Fsp3) is 0.211. The smallest absolute Gasteiger partial charge is 0.374 e. The van der Waals surface area contributed by atoms with Gasteiger partial charge in [0.05, 0.1) is 29.7 Å². The van der Waals surface area contributed by atoms with Gasteiger partial charge in [-0.2, -0.15) is 18.3 Å². The van der Waals surface area contributed by atoms with Crippen molar-refractivity contribution in [3.8, 4) is 0 Å². The van der Waals surface area contributed by atoms with E-state index in [1.165, 1.54) is 35.5 Å². The standard InChI is InChI=1S/C19H17F3N6O/c1-11-17(26-18(29)15-10-23-8-9-24-15)28-16(25-11)7-6-14(27-28)12-4-2-3-5-13(12)19(20,21)22/h2-8,10,16,24-25H,9H2,1H3,(H,26,29). The molecule has 0 aromatic heterocycles. The van der Waals surface area contributed by atoms with Crippen LogP contribution < -0.4 is 16.0 Å². The number of carbonyl (C=O) groups excluding carboxylic acids is 1. The molecule has 3 heterocycles. The summed E-state index contributed by atoms with van der Waals surface area (Å²) in [7, 11) is 0. The molecule has 1 aromatic rings. The van der Waals surface area contributed by atoms with Crippen molar-refractivity contribution in [2.24, 2.45) is 10.1 Å². The maximum Gasteiger partial charge on any atom is 0.417 e. The molecule has 0 aliphatic carbocycles. The molecule has 0 radical (unpaired) electrons. The minimum atomic E-state index is -4.50. The van der Waals surface area contributed by atoms with E-state index in [2.05, 4.69) is 26.0 Å². The van der Waals surface area contributed by atoms with Crippen LogP contribution in [-0.4, -0.2) is 35.6 Å². The van der Waals surface area contributed by atoms with Crippen molar-refractivity contribution in [1.82, 2.24) is 21.0 Å². The van der Waals surface area contributed by atoms with Gasteiger partial charge in [0, 0.05) is 11.8 Å². The van der Waals surface area contributed by atoms with Gasteiger partial charge < -0.3 is 16.0 Å². The average Bonchev–Trinajstić information content (AvgIpc) is 3.02. The molecule has 0 saturated carbocycles. The van der Waals surface area contributed by atoms with Gasteiger partial charge in [0.25, 0.3) is 5.91 Å². The van der Waals surface area contributed by atoms with Crippen LogP contribution in [0.1, 0.15) is 18.1 Å². The Kier molecular flexibility index (Phi) is 4.61. The number of amides is 1. The van der Waals surface area contributed by atoms with Crippen LogP contribution >= 0.6 is 0 Å². The van der Waals surface area contributed by atoms with Crippen LogP contribution in [0.3, 0.4) is 0 Å². The van der Waals surface area contributed by atoms with Gasteiger partial charge >= 0.3 is 6.18 Å². The summed E-state index contributed by atoms with van der Waals surface area (Å²) in [6, 6.07) is 5.26. The maximum absolute atomic E-state index is 13.4. The number of hydrazone groups is 1. The third-order valence-electron chi connectivity index (χ3n) is 4.54. The molecule has 3 N–H and O–H groups in total. The third kappa shape index (κ3) is 3.60. The fourth-order valence-electron chi connectivity index (χ4n) is 3.18. The highest BCUT2D eigenvalue weighted by atomic mass is 19.4. The first-order valence-corrected chi connectivity index (χ1v) is 8.81. The van der Waals surface area contributed by atoms with Gasteiger partial charge in [-0.3, -0.25) is 9.79 Å². The Hall–Kier alpha value is -3.56. The van der Waals surface area contributed by atoms with Crippen LogP contribution in [0, 0.1) is 0 Å². The molecule has 4 rings (SSSR count). The molecule has 10 heteroatoms. The van der Waals surface area contributed by atoms with E-state index in [1.807, 2.05) is 0 Å². The van der Waals surface area contributed by atoms with Crippen molar-refractivity contribution in [2.75, 3.05) is 6.54 Å². The minimum Gasteiger partial charge on any atom is -0.374 e. The number of allylic oxidation sites excluding steroid dienone is 2. The molecule has 150 valence electrons. The Bertz CT molecular complexity index is 1010. The zero-order valence-electron chi connectivity index (χ0n) is 15.3. The number of hydrogen-bond donors (Lipinski definition) is 3. The van der Waals surface area contributed by atoms with Crippen molar-refractivity contribution >= 4 is 17.8 Å². The molecule has 1 amide bonds. The van der Waals surface area contributed by atoms with Crippen LogP contribution in [0.25, 0.3) is 0 Å². The van der Waals surface area contributed by atoms with E-state index in [1.54, 1.807) is 19.2 Å². The van der Waals surface area contributed by atoms with Crippen molar-refractivity contribution < 1.29 is 18.0 Å². The summed E-state index contributed by atoms with van der Waals surface area (Å²) >= 11 is 0. The summed E-state index contributed by atoms with van der Waals surface area (Å²) in [5, 5.41) is 14.6. The Labute approximate surface area is 164 Å². The SMILES string of the molecule is CC1=C(NC(=O)C2=CN=CCN2)N2N=C(c3ccccc3C(F)(F)F)C=CC2N1. The molecule has 1 atom stereocenters. The van der Waals surface area contributed by atoms with E-state index in [9.17, 15) is 18.0 Å². The number of fused-ring (bicyclic) bond motifs is 1. The molecule has 0 fully saturated rings. The summed E-state index contributed by atoms with van der Waals surface area (Å²) in [6.07, 6.45) is 1.35.